The summed E-state index contributed by atoms with van der Waals surface area (Å²) in [6.07, 6.45) is 1.60. The Labute approximate surface area is 240 Å². The summed E-state index contributed by atoms with van der Waals surface area (Å²) in [4.78, 5) is 39.3. The average Bonchev–Trinajstić information content (AvgIpc) is 3.37. The molecule has 4 rings (SSSR count). The normalized spacial score (nSPS) is 11.0. The van der Waals surface area contributed by atoms with Crippen molar-refractivity contribution in [3.05, 3.63) is 101 Å². The summed E-state index contributed by atoms with van der Waals surface area (Å²) in [5.74, 6) is -0.245. The first-order valence-electron chi connectivity index (χ1n) is 12.3. The Kier molecular flexibility index (Phi) is 10.0. The van der Waals surface area contributed by atoms with Crippen molar-refractivity contribution in [3.63, 3.8) is 0 Å². The molecule has 0 aliphatic rings. The van der Waals surface area contributed by atoms with E-state index in [0.29, 0.717) is 34.3 Å². The van der Waals surface area contributed by atoms with Crippen LogP contribution in [0.1, 0.15) is 27.9 Å². The molecule has 11 heteroatoms. The highest BCUT2D eigenvalue weighted by molar-refractivity contribution is 8.00. The van der Waals surface area contributed by atoms with Crippen LogP contribution in [0.5, 0.6) is 5.75 Å². The lowest BCUT2D eigenvalue weighted by molar-refractivity contribution is -0.114. The van der Waals surface area contributed by atoms with Gasteiger partial charge in [0, 0.05) is 16.1 Å². The number of aryl methyl sites for hydroxylation is 1. The maximum absolute atomic E-state index is 13.3. The summed E-state index contributed by atoms with van der Waals surface area (Å²) < 4.78 is 5.49. The number of anilines is 2. The van der Waals surface area contributed by atoms with Crippen LogP contribution in [0.3, 0.4) is 0 Å². The number of benzene rings is 3. The molecule has 0 atom stereocenters. The highest BCUT2D eigenvalue weighted by atomic mass is 32.2. The van der Waals surface area contributed by atoms with Gasteiger partial charge in [-0.3, -0.25) is 19.7 Å². The van der Waals surface area contributed by atoms with Crippen molar-refractivity contribution < 1.29 is 19.1 Å². The van der Waals surface area contributed by atoms with E-state index in [1.807, 2.05) is 26.0 Å². The molecule has 4 aromatic rings. The minimum atomic E-state index is -0.496. The number of carbonyl (C=O) groups is 3. The van der Waals surface area contributed by atoms with Gasteiger partial charge >= 0.3 is 0 Å². The Morgan fingerprint density at radius 3 is 2.42 bits per heavy atom. The van der Waals surface area contributed by atoms with Gasteiger partial charge in [-0.25, -0.2) is 0 Å². The van der Waals surface area contributed by atoms with Crippen molar-refractivity contribution >= 4 is 57.7 Å². The number of ether oxygens (including phenoxy) is 1. The molecule has 204 valence electrons. The van der Waals surface area contributed by atoms with Gasteiger partial charge in [0.05, 0.1) is 12.4 Å². The Morgan fingerprint density at radius 2 is 1.73 bits per heavy atom. The minimum Gasteiger partial charge on any atom is -0.494 e. The largest absolute Gasteiger partial charge is 0.494 e. The summed E-state index contributed by atoms with van der Waals surface area (Å²) in [6.45, 7) is 4.26. The molecule has 3 N–H and O–H groups in total. The SMILES string of the molecule is CCOc1ccc(/C=C(/NC(=O)c2ccccc2)C(=O)Nc2cccc(SCC(=O)Nc3nnc(C)s3)c2)cc1. The molecule has 0 fully saturated rings. The van der Waals surface area contributed by atoms with Crippen LogP contribution in [0.15, 0.2) is 89.5 Å². The van der Waals surface area contributed by atoms with E-state index in [2.05, 4.69) is 26.1 Å². The monoisotopic (exact) mass is 573 g/mol. The van der Waals surface area contributed by atoms with E-state index < -0.39 is 11.8 Å². The molecule has 0 aliphatic carbocycles. The number of aromatic nitrogens is 2. The summed E-state index contributed by atoms with van der Waals surface area (Å²) >= 11 is 2.62. The van der Waals surface area contributed by atoms with Crippen molar-refractivity contribution in [2.45, 2.75) is 18.7 Å². The molecule has 0 radical (unpaired) electrons. The lowest BCUT2D eigenvalue weighted by Gasteiger charge is -2.12. The standard InChI is InChI=1S/C29H27N5O4S2/c1-3-38-23-14-12-20(13-15-23)16-25(31-27(36)21-8-5-4-6-9-21)28(37)30-22-10-7-11-24(17-22)39-18-26(35)32-29-34-33-19(2)40-29/h4-17H,3,18H2,1-2H3,(H,30,37)(H,31,36)(H,32,34,35)/b25-16+. The second-order valence-corrected chi connectivity index (χ2v) is 10.6. The fourth-order valence-corrected chi connectivity index (χ4v) is 4.81. The molecule has 0 aliphatic heterocycles. The van der Waals surface area contributed by atoms with Crippen molar-refractivity contribution in [1.29, 1.82) is 0 Å². The Balaban J connectivity index is 1.46. The zero-order chi connectivity index (χ0) is 28.3. The van der Waals surface area contributed by atoms with Crippen LogP contribution in [0, 0.1) is 6.92 Å². The Hall–Kier alpha value is -4.48. The van der Waals surface area contributed by atoms with Gasteiger partial charge in [-0.15, -0.1) is 22.0 Å². The van der Waals surface area contributed by atoms with Crippen molar-refractivity contribution in [2.24, 2.45) is 0 Å². The lowest BCUT2D eigenvalue weighted by atomic mass is 10.1. The van der Waals surface area contributed by atoms with Gasteiger partial charge in [-0.2, -0.15) is 0 Å². The lowest BCUT2D eigenvalue weighted by Crippen LogP contribution is -2.30. The number of rotatable bonds is 11. The Morgan fingerprint density at radius 1 is 0.950 bits per heavy atom. The van der Waals surface area contributed by atoms with Crippen LogP contribution >= 0.6 is 23.1 Å². The number of hydrogen-bond acceptors (Lipinski definition) is 8. The fourth-order valence-electron chi connectivity index (χ4n) is 3.45. The third-order valence-corrected chi connectivity index (χ3v) is 7.01. The highest BCUT2D eigenvalue weighted by Gasteiger charge is 2.16. The van der Waals surface area contributed by atoms with E-state index >= 15 is 0 Å². The molecule has 0 unspecified atom stereocenters. The predicted molar refractivity (Wildman–Crippen MR) is 159 cm³/mol. The summed E-state index contributed by atoms with van der Waals surface area (Å²) in [6, 6.07) is 23.0. The van der Waals surface area contributed by atoms with Gasteiger partial charge in [-0.05, 0) is 68.0 Å². The minimum absolute atomic E-state index is 0.0720. The summed E-state index contributed by atoms with van der Waals surface area (Å²) in [5, 5.41) is 17.3. The smallest absolute Gasteiger partial charge is 0.272 e. The van der Waals surface area contributed by atoms with Crippen molar-refractivity contribution in [3.8, 4) is 5.75 Å². The maximum atomic E-state index is 13.3. The molecule has 9 nitrogen and oxygen atoms in total. The van der Waals surface area contributed by atoms with Crippen molar-refractivity contribution in [2.75, 3.05) is 23.0 Å². The molecular weight excluding hydrogens is 546 g/mol. The van der Waals surface area contributed by atoms with E-state index in [9.17, 15) is 14.4 Å². The maximum Gasteiger partial charge on any atom is 0.272 e. The number of amides is 3. The fraction of sp³-hybridized carbons (Fsp3) is 0.138. The molecule has 0 saturated heterocycles. The van der Waals surface area contributed by atoms with Gasteiger partial charge in [-0.1, -0.05) is 47.7 Å². The van der Waals surface area contributed by atoms with Crippen LogP contribution in [-0.2, 0) is 9.59 Å². The van der Waals surface area contributed by atoms with E-state index in [4.69, 9.17) is 4.74 Å². The van der Waals surface area contributed by atoms with Crippen LogP contribution in [0.2, 0.25) is 0 Å². The first-order valence-corrected chi connectivity index (χ1v) is 14.1. The highest BCUT2D eigenvalue weighted by Crippen LogP contribution is 2.23. The van der Waals surface area contributed by atoms with E-state index in [1.165, 1.54) is 23.1 Å². The van der Waals surface area contributed by atoms with Crippen LogP contribution in [-0.4, -0.2) is 40.3 Å². The predicted octanol–water partition coefficient (Wildman–Crippen LogP) is 5.39. The zero-order valence-electron chi connectivity index (χ0n) is 21.8. The number of nitrogens with zero attached hydrogens (tertiary/aromatic N) is 2. The summed E-state index contributed by atoms with van der Waals surface area (Å²) in [7, 11) is 0. The van der Waals surface area contributed by atoms with Crippen molar-refractivity contribution in [1.82, 2.24) is 15.5 Å². The van der Waals surface area contributed by atoms with Gasteiger partial charge in [0.2, 0.25) is 11.0 Å². The van der Waals surface area contributed by atoms with Crippen LogP contribution in [0.25, 0.3) is 6.08 Å². The van der Waals surface area contributed by atoms with Gasteiger partial charge in [0.1, 0.15) is 16.5 Å². The molecule has 3 aromatic carbocycles. The van der Waals surface area contributed by atoms with Gasteiger partial charge in [0.25, 0.3) is 11.8 Å². The topological polar surface area (TPSA) is 122 Å². The Bertz CT molecular complexity index is 1500. The second-order valence-electron chi connectivity index (χ2n) is 8.33. The molecule has 40 heavy (non-hydrogen) atoms. The third kappa shape index (κ3) is 8.52. The zero-order valence-corrected chi connectivity index (χ0v) is 23.5. The van der Waals surface area contributed by atoms with E-state index in [0.717, 1.165) is 9.90 Å². The molecule has 1 aromatic heterocycles. The first kappa shape index (κ1) is 28.5. The van der Waals surface area contributed by atoms with Gasteiger partial charge < -0.3 is 15.4 Å². The first-order chi connectivity index (χ1) is 19.4. The van der Waals surface area contributed by atoms with E-state index in [1.54, 1.807) is 72.8 Å². The van der Waals surface area contributed by atoms with Crippen LogP contribution < -0.4 is 20.7 Å². The number of carbonyl (C=O) groups excluding carboxylic acids is 3. The second kappa shape index (κ2) is 14.1. The molecular formula is C29H27N5O4S2. The molecule has 0 saturated carbocycles. The van der Waals surface area contributed by atoms with Crippen LogP contribution in [0.4, 0.5) is 10.8 Å². The third-order valence-electron chi connectivity index (χ3n) is 5.27. The van der Waals surface area contributed by atoms with Gasteiger partial charge in [0.15, 0.2) is 0 Å². The van der Waals surface area contributed by atoms with E-state index in [-0.39, 0.29) is 17.4 Å². The average molecular weight is 574 g/mol. The molecule has 0 bridgehead atoms. The number of thioether (sulfide) groups is 1. The number of hydrogen-bond donors (Lipinski definition) is 3. The molecule has 1 heterocycles. The molecule has 3 amide bonds. The quantitative estimate of drug-likeness (QED) is 0.163. The molecule has 0 spiro atoms. The summed E-state index contributed by atoms with van der Waals surface area (Å²) in [5.41, 5.74) is 1.72. The number of nitrogens with one attached hydrogen (secondary N) is 3.